The maximum absolute atomic E-state index is 10.7. The van der Waals surface area contributed by atoms with Gasteiger partial charge in [-0.25, -0.2) is 0 Å². The number of likely N-dealkylation sites (N-methyl/N-ethyl adjacent to an activating group) is 1. The van der Waals surface area contributed by atoms with Crippen molar-refractivity contribution in [3.63, 3.8) is 0 Å². The van der Waals surface area contributed by atoms with Gasteiger partial charge in [-0.3, -0.25) is 10.1 Å². The van der Waals surface area contributed by atoms with Crippen LogP contribution in [0.2, 0.25) is 0 Å². The molecule has 0 aliphatic heterocycles. The molecule has 0 saturated carbocycles. The standard InChI is InChI=1S/C10H10NO/c1-11-10(12)8-7-9-5-3-2-4-6-9/h2-8H,1H3. The molecule has 2 heteroatoms. The molecule has 0 aromatic heterocycles. The Labute approximate surface area is 71.9 Å². The minimum absolute atomic E-state index is 0.209. The van der Waals surface area contributed by atoms with Gasteiger partial charge in [0.2, 0.25) is 0 Å². The first-order chi connectivity index (χ1) is 5.83. The summed E-state index contributed by atoms with van der Waals surface area (Å²) in [6.07, 6.45) is 3.20. The van der Waals surface area contributed by atoms with Gasteiger partial charge in [0.15, 0.2) is 0 Å². The van der Waals surface area contributed by atoms with E-state index in [4.69, 9.17) is 0 Å². The molecule has 1 amide bonds. The Morgan fingerprint density at radius 1 is 1.33 bits per heavy atom. The first-order valence-corrected chi connectivity index (χ1v) is 3.70. The molecule has 0 atom stereocenters. The number of rotatable bonds is 2. The van der Waals surface area contributed by atoms with Gasteiger partial charge in [0.1, 0.15) is 0 Å². The van der Waals surface area contributed by atoms with Gasteiger partial charge in [-0.1, -0.05) is 30.3 Å². The molecular formula is C10H10NO. The van der Waals surface area contributed by atoms with Gasteiger partial charge < -0.3 is 0 Å². The predicted molar refractivity (Wildman–Crippen MR) is 48.5 cm³/mol. The van der Waals surface area contributed by atoms with E-state index in [1.165, 1.54) is 13.1 Å². The molecule has 0 aliphatic carbocycles. The lowest BCUT2D eigenvalue weighted by Crippen LogP contribution is -2.05. The first kappa shape index (κ1) is 8.53. The normalized spacial score (nSPS) is 10.1. The van der Waals surface area contributed by atoms with E-state index in [2.05, 4.69) is 5.32 Å². The van der Waals surface area contributed by atoms with Crippen molar-refractivity contribution >= 4 is 12.0 Å². The van der Waals surface area contributed by atoms with Crippen LogP contribution in [0.25, 0.3) is 6.08 Å². The lowest BCUT2D eigenvalue weighted by atomic mass is 10.2. The van der Waals surface area contributed by atoms with Gasteiger partial charge >= 0.3 is 0 Å². The molecule has 12 heavy (non-hydrogen) atoms. The summed E-state index contributed by atoms with van der Waals surface area (Å²) < 4.78 is 0. The molecule has 0 spiro atoms. The maximum Gasteiger partial charge on any atom is 0.264 e. The van der Waals surface area contributed by atoms with Crippen LogP contribution in [0.3, 0.4) is 0 Å². The largest absolute Gasteiger partial charge is 0.268 e. The third kappa shape index (κ3) is 2.58. The quantitative estimate of drug-likeness (QED) is 0.602. The van der Waals surface area contributed by atoms with Crippen LogP contribution >= 0.6 is 0 Å². The SMILES string of the molecule is C[N]C(=O)C=Cc1ccccc1. The smallest absolute Gasteiger partial charge is 0.264 e. The zero-order valence-electron chi connectivity index (χ0n) is 6.90. The Bertz CT molecular complexity index is 277. The Morgan fingerprint density at radius 2 is 2.00 bits per heavy atom. The average Bonchev–Trinajstić information content (AvgIpc) is 2.16. The number of nitrogens with zero attached hydrogens (tertiary/aromatic N) is 1. The number of hydrogen-bond acceptors (Lipinski definition) is 1. The van der Waals surface area contributed by atoms with Gasteiger partial charge in [0, 0.05) is 13.1 Å². The Hall–Kier alpha value is -1.57. The summed E-state index contributed by atoms with van der Waals surface area (Å²) in [5, 5.41) is 3.48. The van der Waals surface area contributed by atoms with Crippen LogP contribution < -0.4 is 5.32 Å². The highest BCUT2D eigenvalue weighted by Gasteiger charge is 1.89. The van der Waals surface area contributed by atoms with Crippen molar-refractivity contribution in [3.05, 3.63) is 42.0 Å². The molecule has 1 radical (unpaired) electrons. The zero-order valence-corrected chi connectivity index (χ0v) is 6.90. The fourth-order valence-corrected chi connectivity index (χ4v) is 0.806. The molecule has 0 N–H and O–H groups in total. The number of benzene rings is 1. The third-order valence-corrected chi connectivity index (χ3v) is 1.44. The molecule has 61 valence electrons. The van der Waals surface area contributed by atoms with Crippen LogP contribution in [0, 0.1) is 0 Å². The highest BCUT2D eigenvalue weighted by Crippen LogP contribution is 2.00. The van der Waals surface area contributed by atoms with E-state index in [1.54, 1.807) is 6.08 Å². The fourth-order valence-electron chi connectivity index (χ4n) is 0.806. The zero-order chi connectivity index (χ0) is 8.81. The Morgan fingerprint density at radius 3 is 2.58 bits per heavy atom. The van der Waals surface area contributed by atoms with Gasteiger partial charge in [-0.2, -0.15) is 0 Å². The minimum atomic E-state index is -0.209. The van der Waals surface area contributed by atoms with Crippen molar-refractivity contribution in [1.29, 1.82) is 0 Å². The molecule has 1 rings (SSSR count). The van der Waals surface area contributed by atoms with Gasteiger partial charge in [-0.15, -0.1) is 0 Å². The number of carbonyl (C=O) groups excluding carboxylic acids is 1. The number of hydrogen-bond donors (Lipinski definition) is 0. The molecule has 0 bridgehead atoms. The maximum atomic E-state index is 10.7. The van der Waals surface area contributed by atoms with Crippen LogP contribution in [-0.2, 0) is 4.79 Å². The van der Waals surface area contributed by atoms with Crippen molar-refractivity contribution in [1.82, 2.24) is 5.32 Å². The lowest BCUT2D eigenvalue weighted by Gasteiger charge is -1.89. The van der Waals surface area contributed by atoms with Crippen LogP contribution in [0.4, 0.5) is 0 Å². The molecule has 0 heterocycles. The van der Waals surface area contributed by atoms with Crippen LogP contribution in [0.1, 0.15) is 5.56 Å². The number of amides is 1. The Balaban J connectivity index is 2.64. The summed E-state index contributed by atoms with van der Waals surface area (Å²) in [7, 11) is 1.48. The molecule has 0 fully saturated rings. The molecule has 0 saturated heterocycles. The molecule has 1 aromatic carbocycles. The predicted octanol–water partition coefficient (Wildman–Crippen LogP) is 1.46. The molecule has 0 unspecified atom stereocenters. The van der Waals surface area contributed by atoms with E-state index < -0.39 is 0 Å². The molecule has 0 aliphatic rings. The fraction of sp³-hybridized carbons (Fsp3) is 0.100. The second-order valence-electron chi connectivity index (χ2n) is 2.31. The second kappa shape index (κ2) is 4.34. The van der Waals surface area contributed by atoms with Crippen molar-refractivity contribution in [2.45, 2.75) is 0 Å². The van der Waals surface area contributed by atoms with Crippen molar-refractivity contribution in [3.8, 4) is 0 Å². The lowest BCUT2D eigenvalue weighted by molar-refractivity contribution is -0.116. The van der Waals surface area contributed by atoms with Gasteiger partial charge in [0.25, 0.3) is 5.91 Å². The van der Waals surface area contributed by atoms with E-state index in [1.807, 2.05) is 30.3 Å². The van der Waals surface area contributed by atoms with Crippen molar-refractivity contribution in [2.75, 3.05) is 7.05 Å². The summed E-state index contributed by atoms with van der Waals surface area (Å²) in [5.41, 5.74) is 1.01. The van der Waals surface area contributed by atoms with Crippen LogP contribution in [0.15, 0.2) is 36.4 Å². The molecule has 2 nitrogen and oxygen atoms in total. The first-order valence-electron chi connectivity index (χ1n) is 3.70. The minimum Gasteiger partial charge on any atom is -0.268 e. The van der Waals surface area contributed by atoms with Gasteiger partial charge in [0.05, 0.1) is 0 Å². The molecule has 1 aromatic rings. The average molecular weight is 160 g/mol. The highest BCUT2D eigenvalue weighted by atomic mass is 16.1. The summed E-state index contributed by atoms with van der Waals surface area (Å²) >= 11 is 0. The second-order valence-corrected chi connectivity index (χ2v) is 2.31. The van der Waals surface area contributed by atoms with E-state index in [0.29, 0.717) is 0 Å². The van der Waals surface area contributed by atoms with E-state index in [0.717, 1.165) is 5.56 Å². The highest BCUT2D eigenvalue weighted by molar-refractivity contribution is 5.91. The van der Waals surface area contributed by atoms with Gasteiger partial charge in [-0.05, 0) is 11.6 Å². The third-order valence-electron chi connectivity index (χ3n) is 1.44. The van der Waals surface area contributed by atoms with Crippen LogP contribution in [0.5, 0.6) is 0 Å². The summed E-state index contributed by atoms with van der Waals surface area (Å²) in [6.45, 7) is 0. The summed E-state index contributed by atoms with van der Waals surface area (Å²) in [6, 6.07) is 9.64. The van der Waals surface area contributed by atoms with E-state index in [-0.39, 0.29) is 5.91 Å². The van der Waals surface area contributed by atoms with Crippen molar-refractivity contribution in [2.24, 2.45) is 0 Å². The summed E-state index contributed by atoms with van der Waals surface area (Å²) in [5.74, 6) is -0.209. The van der Waals surface area contributed by atoms with E-state index in [9.17, 15) is 4.79 Å². The molecular weight excluding hydrogens is 150 g/mol. The monoisotopic (exact) mass is 160 g/mol. The van der Waals surface area contributed by atoms with Crippen LogP contribution in [-0.4, -0.2) is 13.0 Å². The topological polar surface area (TPSA) is 31.2 Å². The number of carbonyl (C=O) groups is 1. The van der Waals surface area contributed by atoms with E-state index >= 15 is 0 Å². The summed E-state index contributed by atoms with van der Waals surface area (Å²) in [4.78, 5) is 10.7. The Kier molecular flexibility index (Phi) is 3.08. The van der Waals surface area contributed by atoms with Crippen molar-refractivity contribution < 1.29 is 4.79 Å².